The summed E-state index contributed by atoms with van der Waals surface area (Å²) in [6.07, 6.45) is 14.5. The molecular formula is C51H75N7O8. The van der Waals surface area contributed by atoms with Gasteiger partial charge in [0.05, 0.1) is 6.04 Å². The molecule has 6 N–H and O–H groups in total. The third-order valence-corrected chi connectivity index (χ3v) is 12.8. The van der Waals surface area contributed by atoms with Gasteiger partial charge in [0.25, 0.3) is 0 Å². The largest absolute Gasteiger partial charge is 0.507 e. The first-order chi connectivity index (χ1) is 31.8. The summed E-state index contributed by atoms with van der Waals surface area (Å²) in [4.78, 5) is 85.3. The normalized spacial score (nSPS) is 18.2. The van der Waals surface area contributed by atoms with Gasteiger partial charge in [-0.1, -0.05) is 104 Å². The van der Waals surface area contributed by atoms with Crippen LogP contribution in [0.3, 0.4) is 0 Å². The predicted molar refractivity (Wildman–Crippen MR) is 256 cm³/mol. The minimum atomic E-state index is -1.19. The number of ketones is 4. The first kappa shape index (κ1) is 53.5. The molecule has 2 aliphatic heterocycles. The fraction of sp³-hybridized carbons (Fsp3) is 0.627. The first-order valence-corrected chi connectivity index (χ1v) is 24.4. The second kappa shape index (κ2) is 28.1. The number of amides is 2. The summed E-state index contributed by atoms with van der Waals surface area (Å²) < 4.78 is 6.06. The van der Waals surface area contributed by atoms with Crippen molar-refractivity contribution in [2.45, 2.75) is 155 Å². The van der Waals surface area contributed by atoms with E-state index in [1.54, 1.807) is 51.2 Å². The minimum Gasteiger partial charge on any atom is -0.507 e. The van der Waals surface area contributed by atoms with Crippen molar-refractivity contribution < 1.29 is 38.6 Å². The summed E-state index contributed by atoms with van der Waals surface area (Å²) in [5.41, 5.74) is 13.6. The van der Waals surface area contributed by atoms with E-state index in [1.165, 1.54) is 55.9 Å². The fourth-order valence-corrected chi connectivity index (χ4v) is 8.87. The molecule has 2 amide bonds. The molecular weight excluding hydrogens is 839 g/mol. The van der Waals surface area contributed by atoms with Gasteiger partial charge in [-0.15, -0.1) is 5.10 Å². The number of carbonyl (C=O) groups excluding carboxylic acids is 6. The Balaban J connectivity index is 1.62. The molecule has 0 saturated carbocycles. The molecule has 5 atom stereocenters. The lowest BCUT2D eigenvalue weighted by Gasteiger charge is -2.32. The van der Waals surface area contributed by atoms with E-state index in [2.05, 4.69) is 27.7 Å². The Bertz CT molecular complexity index is 2020. The molecule has 15 heteroatoms. The van der Waals surface area contributed by atoms with E-state index in [4.69, 9.17) is 16.2 Å². The zero-order chi connectivity index (χ0) is 48.0. The number of nitrogens with one attached hydrogen (secondary N) is 1. The number of rotatable bonds is 28. The quantitative estimate of drug-likeness (QED) is 0.0602. The van der Waals surface area contributed by atoms with Crippen molar-refractivity contribution in [3.8, 4) is 22.6 Å². The fourth-order valence-electron chi connectivity index (χ4n) is 8.87. The van der Waals surface area contributed by atoms with Crippen molar-refractivity contribution in [2.75, 3.05) is 33.3 Å². The number of carbonyl (C=O) groups is 6. The van der Waals surface area contributed by atoms with Gasteiger partial charge < -0.3 is 31.5 Å². The van der Waals surface area contributed by atoms with Crippen LogP contribution in [0.4, 0.5) is 0 Å². The van der Waals surface area contributed by atoms with E-state index >= 15 is 0 Å². The highest BCUT2D eigenvalue weighted by Crippen LogP contribution is 2.40. The van der Waals surface area contributed by atoms with Gasteiger partial charge >= 0.3 is 0 Å². The predicted octanol–water partition coefficient (Wildman–Crippen LogP) is 7.92. The molecule has 2 aromatic carbocycles. The summed E-state index contributed by atoms with van der Waals surface area (Å²) in [5.74, 6) is -4.26. The zero-order valence-corrected chi connectivity index (χ0v) is 39.9. The number of hydrogen-bond acceptors (Lipinski definition) is 13. The number of likely N-dealkylation sites (N-methyl/N-ethyl adjacent to an activating group) is 1. The van der Waals surface area contributed by atoms with Gasteiger partial charge in [0.2, 0.25) is 11.8 Å². The SMILES string of the molecule is CCCCCCCCCCCCCC(=O)C[C@@H](CCCCN)C(=O)N(C)[C@@H]1C(=O)C[C@@H](C)C(=O)N[C@H](C(=O)C[C@@H](C)C(=O)C2=NN=NC2)Cc2ccc(O)c(c2)-c2cc1ccc2OCCN. The van der Waals surface area contributed by atoms with Crippen molar-refractivity contribution in [2.24, 2.45) is 44.7 Å². The molecule has 4 bridgehead atoms. The number of hydrogen-bond donors (Lipinski definition) is 4. The minimum absolute atomic E-state index is 0.00766. The number of phenolic OH excluding ortho intramolecular Hbond substituents is 1. The van der Waals surface area contributed by atoms with Gasteiger partial charge in [0.15, 0.2) is 17.3 Å². The Morgan fingerprint density at radius 2 is 1.56 bits per heavy atom. The van der Waals surface area contributed by atoms with Crippen LogP contribution < -0.4 is 21.5 Å². The standard InChI is InChI=1S/C51H75N7O8/c1-5-6-7-8-9-10-11-12-13-14-15-19-39(59)31-38(18-16-17-24-52)51(65)58(4)48-37-21-23-47(66-26-25-53)41(32-37)40-29-36(20-22-44(40)60)30-42(55-50(64)35(3)28-46(48)62)45(61)27-34(2)49(63)43-33-54-57-56-43/h20-23,29,32,34-35,38,42,48,60H,5-19,24-28,30-31,33,52-53H2,1-4H3,(H,55,64)/t34-,35-,38-,42+,48+/m1/s1. The number of Topliss-reactive ketones (excluding diaryl/α,β-unsaturated/α-hetero) is 4. The van der Waals surface area contributed by atoms with Crippen LogP contribution in [0, 0.1) is 17.8 Å². The van der Waals surface area contributed by atoms with E-state index in [1.807, 2.05) is 0 Å². The topological polar surface area (TPSA) is 236 Å². The van der Waals surface area contributed by atoms with Crippen LogP contribution in [-0.4, -0.2) is 90.0 Å². The Labute approximate surface area is 391 Å². The summed E-state index contributed by atoms with van der Waals surface area (Å²) in [7, 11) is 1.55. The van der Waals surface area contributed by atoms with Crippen molar-refractivity contribution >= 4 is 40.7 Å². The average Bonchev–Trinajstić information content (AvgIpc) is 3.85. The number of ether oxygens (including phenoxy) is 1. The molecule has 0 aromatic heterocycles. The first-order valence-electron chi connectivity index (χ1n) is 24.4. The highest BCUT2D eigenvalue weighted by molar-refractivity contribution is 6.41. The van der Waals surface area contributed by atoms with Crippen LogP contribution in [0.2, 0.25) is 0 Å². The van der Waals surface area contributed by atoms with E-state index in [9.17, 15) is 33.9 Å². The van der Waals surface area contributed by atoms with E-state index < -0.39 is 47.3 Å². The molecule has 0 radical (unpaired) electrons. The number of aromatic hydroxyl groups is 1. The summed E-state index contributed by atoms with van der Waals surface area (Å²) >= 11 is 0. The van der Waals surface area contributed by atoms with Crippen molar-refractivity contribution in [1.29, 1.82) is 0 Å². The Morgan fingerprint density at radius 1 is 0.864 bits per heavy atom. The lowest BCUT2D eigenvalue weighted by atomic mass is 9.87. The molecule has 66 heavy (non-hydrogen) atoms. The third kappa shape index (κ3) is 16.3. The zero-order valence-electron chi connectivity index (χ0n) is 39.9. The van der Waals surface area contributed by atoms with Gasteiger partial charge in [-0.3, -0.25) is 28.8 Å². The highest BCUT2D eigenvalue weighted by Gasteiger charge is 2.36. The smallest absolute Gasteiger partial charge is 0.226 e. The van der Waals surface area contributed by atoms with Crippen LogP contribution in [0.5, 0.6) is 11.5 Å². The van der Waals surface area contributed by atoms with Crippen LogP contribution in [0.25, 0.3) is 11.1 Å². The number of fused-ring (bicyclic) bond motifs is 5. The number of nitrogens with zero attached hydrogens (tertiary/aromatic N) is 4. The van der Waals surface area contributed by atoms with E-state index in [0.717, 1.165) is 25.7 Å². The highest BCUT2D eigenvalue weighted by atomic mass is 16.5. The van der Waals surface area contributed by atoms with Crippen molar-refractivity contribution in [3.63, 3.8) is 0 Å². The Kier molecular flexibility index (Phi) is 22.8. The summed E-state index contributed by atoms with van der Waals surface area (Å²) in [5, 5.41) is 25.2. The van der Waals surface area contributed by atoms with Gasteiger partial charge in [-0.25, -0.2) is 0 Å². The molecule has 2 heterocycles. The van der Waals surface area contributed by atoms with Crippen LogP contribution >= 0.6 is 0 Å². The molecule has 15 nitrogen and oxygen atoms in total. The second-order valence-corrected chi connectivity index (χ2v) is 18.3. The molecule has 2 aliphatic rings. The number of phenols is 1. The molecule has 0 spiro atoms. The maximum Gasteiger partial charge on any atom is 0.226 e. The summed E-state index contributed by atoms with van der Waals surface area (Å²) in [6.45, 7) is 6.25. The lowest BCUT2D eigenvalue weighted by Crippen LogP contribution is -2.46. The number of benzene rings is 2. The molecule has 2 aromatic rings. The Hall–Kier alpha value is -5.15. The van der Waals surface area contributed by atoms with Gasteiger partial charge in [0.1, 0.15) is 42.2 Å². The van der Waals surface area contributed by atoms with Crippen LogP contribution in [0.1, 0.15) is 154 Å². The molecule has 0 fully saturated rings. The third-order valence-electron chi connectivity index (χ3n) is 12.8. The maximum absolute atomic E-state index is 14.7. The van der Waals surface area contributed by atoms with Gasteiger partial charge in [-0.05, 0) is 72.8 Å². The summed E-state index contributed by atoms with van der Waals surface area (Å²) in [6, 6.07) is 7.60. The molecule has 0 aliphatic carbocycles. The van der Waals surface area contributed by atoms with Gasteiger partial charge in [0, 0.05) is 68.2 Å². The maximum atomic E-state index is 14.7. The second-order valence-electron chi connectivity index (χ2n) is 18.3. The van der Waals surface area contributed by atoms with Crippen molar-refractivity contribution in [3.05, 3.63) is 47.5 Å². The molecule has 0 unspecified atom stereocenters. The van der Waals surface area contributed by atoms with Gasteiger partial charge in [-0.2, -0.15) is 5.11 Å². The molecule has 4 rings (SSSR count). The number of nitrogens with two attached hydrogens (primary N) is 2. The Morgan fingerprint density at radius 3 is 2.21 bits per heavy atom. The average molecular weight is 914 g/mol. The van der Waals surface area contributed by atoms with E-state index in [0.29, 0.717) is 60.2 Å². The number of unbranched alkanes of at least 4 members (excludes halogenated alkanes) is 11. The van der Waals surface area contributed by atoms with Crippen LogP contribution in [0.15, 0.2) is 51.8 Å². The molecule has 0 saturated heterocycles. The lowest BCUT2D eigenvalue weighted by molar-refractivity contribution is -0.144. The molecule has 362 valence electrons. The van der Waals surface area contributed by atoms with Crippen molar-refractivity contribution in [1.82, 2.24) is 10.2 Å². The van der Waals surface area contributed by atoms with E-state index in [-0.39, 0.29) is 74.3 Å². The van der Waals surface area contributed by atoms with Crippen LogP contribution in [-0.2, 0) is 35.2 Å². The monoisotopic (exact) mass is 914 g/mol.